The summed E-state index contributed by atoms with van der Waals surface area (Å²) in [6, 6.07) is 52.1. The van der Waals surface area contributed by atoms with Crippen molar-refractivity contribution in [2.45, 2.75) is 0 Å². The van der Waals surface area contributed by atoms with Gasteiger partial charge in [-0.15, -0.1) is 11.3 Å². The molecule has 0 aliphatic heterocycles. The average Bonchev–Trinajstić information content (AvgIpc) is 3.38. The van der Waals surface area contributed by atoms with Crippen LogP contribution >= 0.6 is 27.3 Å². The molecule has 0 radical (unpaired) electrons. The standard InChI is InChI=1S/C36H24BrNS/c37-28-19-13-25(14-20-28)26-15-21-30(22-16-26)38(29-7-2-1-3-8-29)31-23-17-27(18-24-31)32-10-6-11-34-33-9-4-5-12-35(33)39-36(32)34/h1-24H. The summed E-state index contributed by atoms with van der Waals surface area (Å²) in [6.07, 6.45) is 0. The minimum atomic E-state index is 1.09. The number of fused-ring (bicyclic) bond motifs is 3. The Morgan fingerprint density at radius 1 is 0.436 bits per heavy atom. The van der Waals surface area contributed by atoms with E-state index in [4.69, 9.17) is 0 Å². The van der Waals surface area contributed by atoms with E-state index in [0.717, 1.165) is 21.5 Å². The summed E-state index contributed by atoms with van der Waals surface area (Å²) in [4.78, 5) is 2.31. The molecular formula is C36H24BrNS. The molecule has 186 valence electrons. The number of nitrogens with zero attached hydrogens (tertiary/aromatic N) is 1. The first-order valence-electron chi connectivity index (χ1n) is 13.0. The zero-order chi connectivity index (χ0) is 26.2. The maximum atomic E-state index is 3.53. The SMILES string of the molecule is Brc1ccc(-c2ccc(N(c3ccccc3)c3ccc(-c4cccc5c4sc4ccccc45)cc3)cc2)cc1. The number of anilines is 3. The summed E-state index contributed by atoms with van der Waals surface area (Å²) >= 11 is 5.41. The molecule has 1 heterocycles. The van der Waals surface area contributed by atoms with Gasteiger partial charge in [0.25, 0.3) is 0 Å². The zero-order valence-corrected chi connectivity index (χ0v) is 23.5. The van der Waals surface area contributed by atoms with E-state index >= 15 is 0 Å². The average molecular weight is 583 g/mol. The van der Waals surface area contributed by atoms with Gasteiger partial charge in [0.05, 0.1) is 0 Å². The van der Waals surface area contributed by atoms with Crippen LogP contribution in [0.4, 0.5) is 17.1 Å². The molecule has 0 amide bonds. The summed E-state index contributed by atoms with van der Waals surface area (Å²) in [5.41, 5.74) is 8.31. The lowest BCUT2D eigenvalue weighted by molar-refractivity contribution is 1.28. The maximum Gasteiger partial charge on any atom is 0.0462 e. The van der Waals surface area contributed by atoms with Crippen LogP contribution in [0.1, 0.15) is 0 Å². The molecule has 6 aromatic carbocycles. The van der Waals surface area contributed by atoms with Gasteiger partial charge < -0.3 is 4.90 Å². The van der Waals surface area contributed by atoms with E-state index in [0.29, 0.717) is 0 Å². The van der Waals surface area contributed by atoms with Gasteiger partial charge in [-0.25, -0.2) is 0 Å². The van der Waals surface area contributed by atoms with E-state index in [1.54, 1.807) is 0 Å². The molecule has 1 aromatic heterocycles. The van der Waals surface area contributed by atoms with Gasteiger partial charge in [0.15, 0.2) is 0 Å². The van der Waals surface area contributed by atoms with Gasteiger partial charge in [0.2, 0.25) is 0 Å². The van der Waals surface area contributed by atoms with Crippen LogP contribution in [0.25, 0.3) is 42.4 Å². The molecule has 0 spiro atoms. The summed E-state index contributed by atoms with van der Waals surface area (Å²) in [6.45, 7) is 0. The molecule has 0 atom stereocenters. The molecule has 0 aliphatic rings. The van der Waals surface area contributed by atoms with E-state index in [2.05, 4.69) is 166 Å². The fraction of sp³-hybridized carbons (Fsp3) is 0. The van der Waals surface area contributed by atoms with Crippen LogP contribution in [0.3, 0.4) is 0 Å². The highest BCUT2D eigenvalue weighted by molar-refractivity contribution is 9.10. The topological polar surface area (TPSA) is 3.24 Å². The van der Waals surface area contributed by atoms with Gasteiger partial charge in [-0.2, -0.15) is 0 Å². The third-order valence-electron chi connectivity index (χ3n) is 7.16. The number of benzene rings is 6. The Morgan fingerprint density at radius 3 is 1.67 bits per heavy atom. The highest BCUT2D eigenvalue weighted by Gasteiger charge is 2.14. The maximum absolute atomic E-state index is 3.53. The van der Waals surface area contributed by atoms with E-state index in [9.17, 15) is 0 Å². The first kappa shape index (κ1) is 23.9. The molecule has 7 rings (SSSR count). The Hall–Kier alpha value is -4.18. The molecule has 0 saturated carbocycles. The lowest BCUT2D eigenvalue weighted by atomic mass is 10.0. The fourth-order valence-electron chi connectivity index (χ4n) is 5.23. The van der Waals surface area contributed by atoms with Crippen LogP contribution in [0.5, 0.6) is 0 Å². The van der Waals surface area contributed by atoms with Gasteiger partial charge >= 0.3 is 0 Å². The van der Waals surface area contributed by atoms with Crippen LogP contribution < -0.4 is 4.90 Å². The fourth-order valence-corrected chi connectivity index (χ4v) is 6.74. The first-order valence-corrected chi connectivity index (χ1v) is 14.6. The molecule has 0 fully saturated rings. The second-order valence-electron chi connectivity index (χ2n) is 9.55. The number of rotatable bonds is 5. The van der Waals surface area contributed by atoms with Crippen LogP contribution in [0.2, 0.25) is 0 Å². The second-order valence-corrected chi connectivity index (χ2v) is 11.5. The van der Waals surface area contributed by atoms with Crippen molar-refractivity contribution in [1.29, 1.82) is 0 Å². The lowest BCUT2D eigenvalue weighted by Gasteiger charge is -2.26. The van der Waals surface area contributed by atoms with Crippen molar-refractivity contribution in [3.63, 3.8) is 0 Å². The van der Waals surface area contributed by atoms with Crippen molar-refractivity contribution in [3.05, 3.63) is 150 Å². The summed E-state index contributed by atoms with van der Waals surface area (Å²) < 4.78 is 3.76. The number of hydrogen-bond acceptors (Lipinski definition) is 2. The second kappa shape index (κ2) is 10.2. The predicted molar refractivity (Wildman–Crippen MR) is 173 cm³/mol. The number of para-hydroxylation sites is 1. The van der Waals surface area contributed by atoms with Crippen molar-refractivity contribution in [1.82, 2.24) is 0 Å². The smallest absolute Gasteiger partial charge is 0.0462 e. The summed E-state index contributed by atoms with van der Waals surface area (Å²) in [5, 5.41) is 2.66. The minimum absolute atomic E-state index is 1.09. The van der Waals surface area contributed by atoms with E-state index in [-0.39, 0.29) is 0 Å². The summed E-state index contributed by atoms with van der Waals surface area (Å²) in [7, 11) is 0. The van der Waals surface area contributed by atoms with Gasteiger partial charge in [-0.1, -0.05) is 107 Å². The molecule has 0 N–H and O–H groups in total. The molecular weight excluding hydrogens is 558 g/mol. The van der Waals surface area contributed by atoms with E-state index < -0.39 is 0 Å². The largest absolute Gasteiger partial charge is 0.311 e. The molecule has 3 heteroatoms. The van der Waals surface area contributed by atoms with Gasteiger partial charge in [-0.3, -0.25) is 0 Å². The lowest BCUT2D eigenvalue weighted by Crippen LogP contribution is -2.09. The quantitative estimate of drug-likeness (QED) is 0.195. The van der Waals surface area contributed by atoms with Crippen molar-refractivity contribution in [3.8, 4) is 22.3 Å². The Labute approximate surface area is 240 Å². The Morgan fingerprint density at radius 2 is 0.974 bits per heavy atom. The molecule has 7 aromatic rings. The molecule has 0 aliphatic carbocycles. The predicted octanol–water partition coefficient (Wildman–Crippen LogP) is 11.6. The number of thiophene rings is 1. The van der Waals surface area contributed by atoms with Crippen LogP contribution in [0.15, 0.2) is 150 Å². The van der Waals surface area contributed by atoms with Crippen LogP contribution in [-0.2, 0) is 0 Å². The summed E-state index contributed by atoms with van der Waals surface area (Å²) in [5.74, 6) is 0. The van der Waals surface area contributed by atoms with Crippen LogP contribution in [-0.4, -0.2) is 0 Å². The molecule has 0 unspecified atom stereocenters. The third kappa shape index (κ3) is 4.54. The molecule has 0 bridgehead atoms. The highest BCUT2D eigenvalue weighted by atomic mass is 79.9. The molecule has 0 saturated heterocycles. The molecule has 1 nitrogen and oxygen atoms in total. The van der Waals surface area contributed by atoms with E-state index in [1.165, 1.54) is 42.4 Å². The minimum Gasteiger partial charge on any atom is -0.311 e. The highest BCUT2D eigenvalue weighted by Crippen LogP contribution is 2.41. The monoisotopic (exact) mass is 581 g/mol. The Kier molecular flexibility index (Phi) is 6.24. The molecule has 39 heavy (non-hydrogen) atoms. The van der Waals surface area contributed by atoms with Crippen molar-refractivity contribution < 1.29 is 0 Å². The third-order valence-corrected chi connectivity index (χ3v) is 8.91. The van der Waals surface area contributed by atoms with Crippen molar-refractivity contribution in [2.24, 2.45) is 0 Å². The number of hydrogen-bond donors (Lipinski definition) is 0. The van der Waals surface area contributed by atoms with Crippen LogP contribution in [0, 0.1) is 0 Å². The Balaban J connectivity index is 1.28. The normalized spacial score (nSPS) is 11.2. The Bertz CT molecular complexity index is 1890. The van der Waals surface area contributed by atoms with Gasteiger partial charge in [-0.05, 0) is 76.9 Å². The van der Waals surface area contributed by atoms with Crippen molar-refractivity contribution >= 4 is 64.5 Å². The van der Waals surface area contributed by atoms with Crippen molar-refractivity contribution in [2.75, 3.05) is 4.90 Å². The number of halogens is 1. The van der Waals surface area contributed by atoms with Gasteiger partial charge in [0.1, 0.15) is 0 Å². The van der Waals surface area contributed by atoms with Gasteiger partial charge in [0, 0.05) is 41.7 Å². The van der Waals surface area contributed by atoms with E-state index in [1.807, 2.05) is 11.3 Å². The first-order chi connectivity index (χ1) is 19.2. The zero-order valence-electron chi connectivity index (χ0n) is 21.1.